The van der Waals surface area contributed by atoms with Crippen molar-refractivity contribution in [3.63, 3.8) is 0 Å². The molecule has 0 aliphatic heterocycles. The van der Waals surface area contributed by atoms with Crippen molar-refractivity contribution in [2.24, 2.45) is 0 Å². The molecular weight excluding hydrogens is 326 g/mol. The largest absolute Gasteiger partial charge is 0.446 e. The minimum absolute atomic E-state index is 0.167. The van der Waals surface area contributed by atoms with Crippen LogP contribution in [0.5, 0.6) is 0 Å². The Bertz CT molecular complexity index is 997. The van der Waals surface area contributed by atoms with Gasteiger partial charge >= 0.3 is 5.97 Å². The molecule has 4 rings (SSSR count). The van der Waals surface area contributed by atoms with Crippen LogP contribution in [-0.2, 0) is 4.74 Å². The van der Waals surface area contributed by atoms with Gasteiger partial charge in [-0.1, -0.05) is 48.5 Å². The quantitative estimate of drug-likeness (QED) is 0.526. The van der Waals surface area contributed by atoms with Gasteiger partial charge in [0, 0.05) is 6.20 Å². The van der Waals surface area contributed by atoms with Gasteiger partial charge in [-0.2, -0.15) is 0 Å². The van der Waals surface area contributed by atoms with Gasteiger partial charge in [-0.3, -0.25) is 9.97 Å². The summed E-state index contributed by atoms with van der Waals surface area (Å²) in [6.07, 6.45) is 2.50. The molecule has 5 nitrogen and oxygen atoms in total. The molecule has 2 aromatic carbocycles. The summed E-state index contributed by atoms with van der Waals surface area (Å²) in [4.78, 5) is 25.7. The normalized spacial score (nSPS) is 11.8. The highest BCUT2D eigenvalue weighted by Crippen LogP contribution is 2.25. The van der Waals surface area contributed by atoms with Crippen LogP contribution in [0.2, 0.25) is 0 Å². The molecule has 2 aromatic heterocycles. The molecule has 26 heavy (non-hydrogen) atoms. The number of hydrogen-bond acceptors (Lipinski definition) is 5. The molecule has 0 saturated heterocycles. The van der Waals surface area contributed by atoms with E-state index in [1.165, 1.54) is 6.20 Å². The second-order valence-electron chi connectivity index (χ2n) is 5.69. The minimum atomic E-state index is -0.613. The van der Waals surface area contributed by atoms with E-state index in [2.05, 4.69) is 15.0 Å². The third-order valence-corrected chi connectivity index (χ3v) is 3.94. The van der Waals surface area contributed by atoms with Gasteiger partial charge < -0.3 is 4.74 Å². The number of fused-ring (bicyclic) bond motifs is 1. The van der Waals surface area contributed by atoms with E-state index < -0.39 is 12.1 Å². The number of hydrogen-bond donors (Lipinski definition) is 0. The van der Waals surface area contributed by atoms with Gasteiger partial charge in [0.25, 0.3) is 0 Å². The zero-order valence-corrected chi connectivity index (χ0v) is 13.8. The van der Waals surface area contributed by atoms with Gasteiger partial charge in [0.15, 0.2) is 11.8 Å². The number of benzene rings is 2. The molecular formula is C21H15N3O2. The second-order valence-corrected chi connectivity index (χ2v) is 5.69. The number of ether oxygens (including phenoxy) is 1. The summed E-state index contributed by atoms with van der Waals surface area (Å²) in [5.74, 6) is -0.539. The Morgan fingerprint density at radius 3 is 2.31 bits per heavy atom. The van der Waals surface area contributed by atoms with Crippen molar-refractivity contribution in [3.8, 4) is 0 Å². The zero-order chi connectivity index (χ0) is 17.8. The van der Waals surface area contributed by atoms with Crippen LogP contribution in [0, 0.1) is 0 Å². The Morgan fingerprint density at radius 2 is 1.54 bits per heavy atom. The number of carbonyl (C=O) groups excluding carboxylic acids is 1. The number of para-hydroxylation sites is 2. The van der Waals surface area contributed by atoms with Crippen molar-refractivity contribution in [3.05, 3.63) is 102 Å². The maximum Gasteiger partial charge on any atom is 0.359 e. The lowest BCUT2D eigenvalue weighted by Crippen LogP contribution is -2.15. The standard InChI is InChI=1S/C21H15N3O2/c25-21(19-14-23-16-10-4-5-11-17(16)24-19)26-20(15-8-2-1-3-9-15)18-12-6-7-13-22-18/h1-14,20H. The van der Waals surface area contributed by atoms with Gasteiger partial charge in [0.05, 0.1) is 22.9 Å². The van der Waals surface area contributed by atoms with Crippen LogP contribution in [0.25, 0.3) is 11.0 Å². The van der Waals surface area contributed by atoms with Crippen LogP contribution in [0.1, 0.15) is 27.8 Å². The Labute approximate surface area is 150 Å². The fraction of sp³-hybridized carbons (Fsp3) is 0.0476. The summed E-state index contributed by atoms with van der Waals surface area (Å²) in [6, 6.07) is 22.4. The first-order chi connectivity index (χ1) is 12.8. The predicted molar refractivity (Wildman–Crippen MR) is 97.5 cm³/mol. The molecule has 0 aliphatic rings. The first kappa shape index (κ1) is 15.9. The first-order valence-corrected chi connectivity index (χ1v) is 8.20. The Balaban J connectivity index is 1.67. The number of pyridine rings is 1. The molecule has 1 atom stereocenters. The van der Waals surface area contributed by atoms with Crippen LogP contribution in [0.4, 0.5) is 0 Å². The van der Waals surface area contributed by atoms with E-state index in [0.717, 1.165) is 11.1 Å². The third-order valence-electron chi connectivity index (χ3n) is 3.94. The van der Waals surface area contributed by atoms with E-state index in [9.17, 15) is 4.79 Å². The summed E-state index contributed by atoms with van der Waals surface area (Å²) in [5.41, 5.74) is 3.04. The summed E-state index contributed by atoms with van der Waals surface area (Å²) >= 11 is 0. The van der Waals surface area contributed by atoms with Crippen molar-refractivity contribution in [1.82, 2.24) is 15.0 Å². The topological polar surface area (TPSA) is 65.0 Å². The molecule has 0 amide bonds. The predicted octanol–water partition coefficient (Wildman–Crippen LogP) is 3.97. The number of nitrogens with zero attached hydrogens (tertiary/aromatic N) is 3. The number of carbonyl (C=O) groups is 1. The highest BCUT2D eigenvalue weighted by Gasteiger charge is 2.22. The number of rotatable bonds is 4. The highest BCUT2D eigenvalue weighted by molar-refractivity contribution is 5.89. The maximum absolute atomic E-state index is 12.7. The van der Waals surface area contributed by atoms with Crippen molar-refractivity contribution in [2.45, 2.75) is 6.10 Å². The van der Waals surface area contributed by atoms with E-state index in [4.69, 9.17) is 4.74 Å². The Morgan fingerprint density at radius 1 is 0.808 bits per heavy atom. The highest BCUT2D eigenvalue weighted by atomic mass is 16.5. The summed E-state index contributed by atoms with van der Waals surface area (Å²) in [7, 11) is 0. The summed E-state index contributed by atoms with van der Waals surface area (Å²) in [5, 5.41) is 0. The van der Waals surface area contributed by atoms with E-state index in [0.29, 0.717) is 11.2 Å². The monoisotopic (exact) mass is 341 g/mol. The average molecular weight is 341 g/mol. The summed E-state index contributed by atoms with van der Waals surface area (Å²) < 4.78 is 5.75. The van der Waals surface area contributed by atoms with Crippen molar-refractivity contribution in [2.75, 3.05) is 0 Å². The summed E-state index contributed by atoms with van der Waals surface area (Å²) in [6.45, 7) is 0. The van der Waals surface area contributed by atoms with E-state index >= 15 is 0 Å². The van der Waals surface area contributed by atoms with Crippen LogP contribution < -0.4 is 0 Å². The molecule has 0 radical (unpaired) electrons. The molecule has 0 N–H and O–H groups in total. The van der Waals surface area contributed by atoms with Crippen LogP contribution >= 0.6 is 0 Å². The minimum Gasteiger partial charge on any atom is -0.446 e. The fourth-order valence-corrected chi connectivity index (χ4v) is 2.68. The molecule has 2 heterocycles. The van der Waals surface area contributed by atoms with Crippen molar-refractivity contribution < 1.29 is 9.53 Å². The molecule has 0 bridgehead atoms. The maximum atomic E-state index is 12.7. The smallest absolute Gasteiger partial charge is 0.359 e. The Hall–Kier alpha value is -3.60. The number of aromatic nitrogens is 3. The first-order valence-electron chi connectivity index (χ1n) is 8.20. The molecule has 0 fully saturated rings. The van der Waals surface area contributed by atoms with Crippen LogP contribution in [-0.4, -0.2) is 20.9 Å². The van der Waals surface area contributed by atoms with Crippen LogP contribution in [0.15, 0.2) is 85.2 Å². The van der Waals surface area contributed by atoms with Gasteiger partial charge in [0.1, 0.15) is 0 Å². The zero-order valence-electron chi connectivity index (χ0n) is 13.8. The van der Waals surface area contributed by atoms with Crippen molar-refractivity contribution in [1.29, 1.82) is 0 Å². The van der Waals surface area contributed by atoms with E-state index in [-0.39, 0.29) is 5.69 Å². The molecule has 0 saturated carbocycles. The SMILES string of the molecule is O=C(OC(c1ccccc1)c1ccccn1)c1cnc2ccccc2n1. The van der Waals surface area contributed by atoms with E-state index in [1.807, 2.05) is 72.8 Å². The Kier molecular flexibility index (Phi) is 4.35. The van der Waals surface area contributed by atoms with Gasteiger partial charge in [0.2, 0.25) is 0 Å². The average Bonchev–Trinajstić information content (AvgIpc) is 2.72. The van der Waals surface area contributed by atoms with Crippen LogP contribution in [0.3, 0.4) is 0 Å². The molecule has 1 unspecified atom stereocenters. The lowest BCUT2D eigenvalue weighted by Gasteiger charge is -2.17. The van der Waals surface area contributed by atoms with Gasteiger partial charge in [-0.25, -0.2) is 9.78 Å². The molecule has 5 heteroatoms. The second kappa shape index (κ2) is 7.11. The molecule has 4 aromatic rings. The van der Waals surface area contributed by atoms with E-state index in [1.54, 1.807) is 6.20 Å². The van der Waals surface area contributed by atoms with Gasteiger partial charge in [-0.05, 0) is 29.8 Å². The fourth-order valence-electron chi connectivity index (χ4n) is 2.68. The molecule has 0 spiro atoms. The lowest BCUT2D eigenvalue weighted by atomic mass is 10.1. The lowest BCUT2D eigenvalue weighted by molar-refractivity contribution is 0.0363. The van der Waals surface area contributed by atoms with Crippen molar-refractivity contribution >= 4 is 17.0 Å². The van der Waals surface area contributed by atoms with Gasteiger partial charge in [-0.15, -0.1) is 0 Å². The molecule has 0 aliphatic carbocycles. The number of esters is 1. The third kappa shape index (κ3) is 3.28. The molecule has 126 valence electrons.